The van der Waals surface area contributed by atoms with Crippen LogP contribution in [0, 0.1) is 3.57 Å². The maximum absolute atomic E-state index is 4.71. The van der Waals surface area contributed by atoms with Gasteiger partial charge < -0.3 is 5.32 Å². The summed E-state index contributed by atoms with van der Waals surface area (Å²) in [6.45, 7) is 5.24. The largest absolute Gasteiger partial charge is 0.369 e. The Morgan fingerprint density at radius 2 is 2.05 bits per heavy atom. The van der Waals surface area contributed by atoms with E-state index in [9.17, 15) is 0 Å². The van der Waals surface area contributed by atoms with Crippen LogP contribution in [0.1, 0.15) is 32.4 Å². The van der Waals surface area contributed by atoms with Crippen molar-refractivity contribution in [3.63, 3.8) is 0 Å². The summed E-state index contributed by atoms with van der Waals surface area (Å²) in [6, 6.07) is 1.95. The summed E-state index contributed by atoms with van der Waals surface area (Å²) in [6.07, 6.45) is 4.89. The predicted molar refractivity (Wildman–Crippen MR) is 89.7 cm³/mol. The van der Waals surface area contributed by atoms with Crippen LogP contribution in [-0.4, -0.2) is 26.3 Å². The van der Waals surface area contributed by atoms with Crippen molar-refractivity contribution >= 4 is 28.4 Å². The zero-order valence-electron chi connectivity index (χ0n) is 12.1. The van der Waals surface area contributed by atoms with Crippen LogP contribution in [0.3, 0.4) is 0 Å². The molecule has 2 rings (SSSR count). The average Bonchev–Trinajstić information content (AvgIpc) is 2.86. The summed E-state index contributed by atoms with van der Waals surface area (Å²) < 4.78 is 2.94. The van der Waals surface area contributed by atoms with E-state index in [1.54, 1.807) is 6.20 Å². The first-order valence-corrected chi connectivity index (χ1v) is 8.03. The molecule has 0 amide bonds. The molecule has 0 aromatic carbocycles. The van der Waals surface area contributed by atoms with Gasteiger partial charge in [-0.1, -0.05) is 20.3 Å². The lowest BCUT2D eigenvalue weighted by Crippen LogP contribution is -2.10. The van der Waals surface area contributed by atoms with Gasteiger partial charge in [-0.2, -0.15) is 5.10 Å². The fourth-order valence-corrected chi connectivity index (χ4v) is 2.67. The number of hydrogen-bond acceptors (Lipinski definition) is 4. The highest BCUT2D eigenvalue weighted by Crippen LogP contribution is 2.24. The molecule has 0 spiro atoms. The van der Waals surface area contributed by atoms with Gasteiger partial charge in [-0.3, -0.25) is 4.68 Å². The molecule has 0 atom stereocenters. The molecule has 0 aliphatic rings. The average molecular weight is 385 g/mol. The van der Waals surface area contributed by atoms with Crippen LogP contribution in [0.4, 0.5) is 5.82 Å². The summed E-state index contributed by atoms with van der Waals surface area (Å²) in [4.78, 5) is 9.38. The minimum Gasteiger partial charge on any atom is -0.369 e. The Morgan fingerprint density at radius 1 is 1.25 bits per heavy atom. The van der Waals surface area contributed by atoms with Crippen molar-refractivity contribution in [1.29, 1.82) is 0 Å². The lowest BCUT2D eigenvalue weighted by Gasteiger charge is -2.12. The Balaban J connectivity index is 2.46. The van der Waals surface area contributed by atoms with E-state index in [-0.39, 0.29) is 0 Å². The van der Waals surface area contributed by atoms with Crippen molar-refractivity contribution in [2.75, 3.05) is 11.9 Å². The molecule has 2 heterocycles. The van der Waals surface area contributed by atoms with Crippen LogP contribution >= 0.6 is 22.6 Å². The molecule has 1 N–H and O–H groups in total. The Bertz CT molecular complexity index is 579. The first kappa shape index (κ1) is 15.2. The minimum absolute atomic E-state index is 0.743. The van der Waals surface area contributed by atoms with Gasteiger partial charge in [-0.25, -0.2) is 9.97 Å². The molecule has 0 radical (unpaired) electrons. The van der Waals surface area contributed by atoms with E-state index in [4.69, 9.17) is 4.98 Å². The number of hydrogen-bond donors (Lipinski definition) is 1. The Labute approximate surface area is 133 Å². The summed E-state index contributed by atoms with van der Waals surface area (Å²) in [7, 11) is 1.91. The molecule has 0 aliphatic carbocycles. The Kier molecular flexibility index (Phi) is 5.33. The SMILES string of the molecule is CCCNc1nc(-c2ccnn2C)nc(CCC)c1I. The van der Waals surface area contributed by atoms with Crippen LogP contribution < -0.4 is 5.32 Å². The number of nitrogens with one attached hydrogen (secondary N) is 1. The topological polar surface area (TPSA) is 55.6 Å². The fourth-order valence-electron chi connectivity index (χ4n) is 1.96. The molecule has 0 unspecified atom stereocenters. The second-order valence-electron chi connectivity index (χ2n) is 4.67. The first-order valence-electron chi connectivity index (χ1n) is 6.96. The second-order valence-corrected chi connectivity index (χ2v) is 5.75. The number of aromatic nitrogens is 4. The van der Waals surface area contributed by atoms with E-state index in [1.165, 1.54) is 0 Å². The van der Waals surface area contributed by atoms with Crippen molar-refractivity contribution < 1.29 is 0 Å². The molecular formula is C14H20IN5. The molecule has 108 valence electrons. The summed E-state index contributed by atoms with van der Waals surface area (Å²) in [5.41, 5.74) is 2.05. The molecule has 0 saturated heterocycles. The van der Waals surface area contributed by atoms with Gasteiger partial charge in [0.05, 0.1) is 9.26 Å². The lowest BCUT2D eigenvalue weighted by atomic mass is 10.2. The second kappa shape index (κ2) is 7.01. The molecule has 5 nitrogen and oxygen atoms in total. The van der Waals surface area contributed by atoms with Gasteiger partial charge in [0, 0.05) is 19.8 Å². The van der Waals surface area contributed by atoms with Crippen LogP contribution in [0.2, 0.25) is 0 Å². The van der Waals surface area contributed by atoms with Crippen LogP contribution in [0.15, 0.2) is 12.3 Å². The Hall–Kier alpha value is -1.18. The van der Waals surface area contributed by atoms with Crippen molar-refractivity contribution in [2.45, 2.75) is 33.1 Å². The number of nitrogens with zero attached hydrogens (tertiary/aromatic N) is 4. The molecule has 2 aromatic heterocycles. The zero-order valence-corrected chi connectivity index (χ0v) is 14.3. The highest BCUT2D eigenvalue weighted by molar-refractivity contribution is 14.1. The molecule has 6 heteroatoms. The summed E-state index contributed by atoms with van der Waals surface area (Å²) in [5.74, 6) is 1.68. The Morgan fingerprint density at radius 3 is 2.65 bits per heavy atom. The summed E-state index contributed by atoms with van der Waals surface area (Å²) >= 11 is 2.34. The van der Waals surface area contributed by atoms with E-state index in [2.05, 4.69) is 51.8 Å². The van der Waals surface area contributed by atoms with Crippen molar-refractivity contribution in [3.05, 3.63) is 21.5 Å². The molecular weight excluding hydrogens is 365 g/mol. The van der Waals surface area contributed by atoms with Gasteiger partial charge in [0.15, 0.2) is 5.82 Å². The van der Waals surface area contributed by atoms with Crippen LogP contribution in [0.5, 0.6) is 0 Å². The number of aryl methyl sites for hydroxylation is 2. The van der Waals surface area contributed by atoms with Crippen molar-refractivity contribution in [3.8, 4) is 11.5 Å². The molecule has 0 saturated carbocycles. The molecule has 0 fully saturated rings. The minimum atomic E-state index is 0.743. The third-order valence-electron chi connectivity index (χ3n) is 3.00. The molecule has 0 aliphatic heterocycles. The standard InChI is InChI=1S/C14H20IN5/c1-4-6-10-12(15)14(16-8-5-2)19-13(18-10)11-7-9-17-20(11)3/h7,9H,4-6,8H2,1-3H3,(H,16,18,19). The number of halogens is 1. The van der Waals surface area contributed by atoms with Gasteiger partial charge >= 0.3 is 0 Å². The third-order valence-corrected chi connectivity index (χ3v) is 4.13. The van der Waals surface area contributed by atoms with Gasteiger partial charge in [-0.15, -0.1) is 0 Å². The fraction of sp³-hybridized carbons (Fsp3) is 0.500. The maximum atomic E-state index is 4.71. The highest BCUT2D eigenvalue weighted by atomic mass is 127. The van der Waals surface area contributed by atoms with Crippen LogP contribution in [-0.2, 0) is 13.5 Å². The predicted octanol–water partition coefficient (Wildman–Crippen LogP) is 3.26. The number of rotatable bonds is 6. The van der Waals surface area contributed by atoms with Gasteiger partial charge in [0.1, 0.15) is 11.5 Å². The van der Waals surface area contributed by atoms with Crippen molar-refractivity contribution in [2.24, 2.45) is 7.05 Å². The smallest absolute Gasteiger partial charge is 0.180 e. The van der Waals surface area contributed by atoms with E-state index in [0.29, 0.717) is 0 Å². The normalized spacial score (nSPS) is 10.8. The maximum Gasteiger partial charge on any atom is 0.180 e. The zero-order chi connectivity index (χ0) is 14.5. The van der Waals surface area contributed by atoms with E-state index in [1.807, 2.05) is 17.8 Å². The highest BCUT2D eigenvalue weighted by Gasteiger charge is 2.14. The van der Waals surface area contributed by atoms with E-state index < -0.39 is 0 Å². The molecule has 2 aromatic rings. The van der Waals surface area contributed by atoms with E-state index in [0.717, 1.165) is 52.4 Å². The monoisotopic (exact) mass is 385 g/mol. The van der Waals surface area contributed by atoms with Gasteiger partial charge in [-0.05, 0) is 41.5 Å². The van der Waals surface area contributed by atoms with E-state index >= 15 is 0 Å². The first-order chi connectivity index (χ1) is 9.67. The quantitative estimate of drug-likeness (QED) is 0.776. The lowest BCUT2D eigenvalue weighted by molar-refractivity contribution is 0.766. The van der Waals surface area contributed by atoms with Crippen molar-refractivity contribution in [1.82, 2.24) is 19.7 Å². The van der Waals surface area contributed by atoms with Gasteiger partial charge in [0.25, 0.3) is 0 Å². The third kappa shape index (κ3) is 3.28. The van der Waals surface area contributed by atoms with Crippen LogP contribution in [0.25, 0.3) is 11.5 Å². The molecule has 20 heavy (non-hydrogen) atoms. The van der Waals surface area contributed by atoms with Gasteiger partial charge in [0.2, 0.25) is 0 Å². The number of anilines is 1. The molecule has 0 bridgehead atoms. The summed E-state index contributed by atoms with van der Waals surface area (Å²) in [5, 5.41) is 7.59.